The van der Waals surface area contributed by atoms with Crippen LogP contribution in [0.2, 0.25) is 0 Å². The first-order valence-electron chi connectivity index (χ1n) is 6.59. The molecule has 0 spiro atoms. The topological polar surface area (TPSA) is 55.9 Å². The van der Waals surface area contributed by atoms with Crippen LogP contribution in [0.25, 0.3) is 0 Å². The van der Waals surface area contributed by atoms with Crippen LogP contribution in [0.15, 0.2) is 18.2 Å². The third kappa shape index (κ3) is 2.43. The van der Waals surface area contributed by atoms with Crippen molar-refractivity contribution in [2.24, 2.45) is 0 Å². The van der Waals surface area contributed by atoms with Gasteiger partial charge in [0.2, 0.25) is 0 Å². The van der Waals surface area contributed by atoms with Crippen LogP contribution >= 0.6 is 0 Å². The zero-order chi connectivity index (χ0) is 14.2. The highest BCUT2D eigenvalue weighted by atomic mass is 15.4. The minimum Gasteiger partial charge on any atom is -0.394 e. The molecule has 0 aliphatic heterocycles. The minimum absolute atomic E-state index is 0.267. The maximum absolute atomic E-state index is 6.13. The fraction of sp³-hybridized carbons (Fsp3) is 0.400. The highest BCUT2D eigenvalue weighted by Crippen LogP contribution is 2.30. The largest absolute Gasteiger partial charge is 0.394 e. The lowest BCUT2D eigenvalue weighted by atomic mass is 10.1. The number of nitrogen functional groups attached to an aromatic ring is 1. The van der Waals surface area contributed by atoms with Crippen molar-refractivity contribution in [3.8, 4) is 0 Å². The normalized spacial score (nSPS) is 11.1. The summed E-state index contributed by atoms with van der Waals surface area (Å²) >= 11 is 0. The fourth-order valence-electron chi connectivity index (χ4n) is 2.07. The quantitative estimate of drug-likeness (QED) is 0.882. The molecule has 19 heavy (non-hydrogen) atoms. The molecule has 0 aliphatic carbocycles. The van der Waals surface area contributed by atoms with E-state index in [1.54, 1.807) is 0 Å². The van der Waals surface area contributed by atoms with Crippen molar-refractivity contribution in [2.75, 3.05) is 11.1 Å². The van der Waals surface area contributed by atoms with Gasteiger partial charge in [-0.3, -0.25) is 0 Å². The Bertz CT molecular complexity index is 596. The SMILES string of the molecule is Cc1cccc(Nc2c(N)c(C)nn2C(C)C)c1C. The number of nitrogens with zero attached hydrogens (tertiary/aromatic N) is 2. The Morgan fingerprint density at radius 1 is 1.21 bits per heavy atom. The smallest absolute Gasteiger partial charge is 0.152 e. The van der Waals surface area contributed by atoms with Gasteiger partial charge in [0.25, 0.3) is 0 Å². The van der Waals surface area contributed by atoms with Crippen LogP contribution in [0.3, 0.4) is 0 Å². The maximum Gasteiger partial charge on any atom is 0.152 e. The second kappa shape index (κ2) is 4.96. The predicted molar refractivity (Wildman–Crippen MR) is 81.0 cm³/mol. The van der Waals surface area contributed by atoms with Crippen molar-refractivity contribution in [2.45, 2.75) is 40.7 Å². The van der Waals surface area contributed by atoms with E-state index in [2.05, 4.69) is 50.2 Å². The van der Waals surface area contributed by atoms with Gasteiger partial charge in [-0.25, -0.2) is 4.68 Å². The molecule has 0 saturated heterocycles. The number of aromatic nitrogens is 2. The maximum atomic E-state index is 6.13. The molecule has 4 heteroatoms. The van der Waals surface area contributed by atoms with Crippen molar-refractivity contribution in [1.82, 2.24) is 9.78 Å². The molecule has 0 fully saturated rings. The van der Waals surface area contributed by atoms with E-state index in [0.717, 1.165) is 22.9 Å². The van der Waals surface area contributed by atoms with Gasteiger partial charge in [0.1, 0.15) is 0 Å². The van der Waals surface area contributed by atoms with Crippen LogP contribution in [-0.2, 0) is 0 Å². The molecule has 1 aromatic carbocycles. The highest BCUT2D eigenvalue weighted by molar-refractivity contribution is 5.73. The Kier molecular flexibility index (Phi) is 3.51. The number of rotatable bonds is 3. The molecule has 4 nitrogen and oxygen atoms in total. The Morgan fingerprint density at radius 3 is 2.53 bits per heavy atom. The Balaban J connectivity index is 2.46. The van der Waals surface area contributed by atoms with Crippen molar-refractivity contribution in [3.05, 3.63) is 35.0 Å². The van der Waals surface area contributed by atoms with Gasteiger partial charge < -0.3 is 11.1 Å². The summed E-state index contributed by atoms with van der Waals surface area (Å²) in [4.78, 5) is 0. The van der Waals surface area contributed by atoms with Crippen molar-refractivity contribution < 1.29 is 0 Å². The molecule has 0 unspecified atom stereocenters. The van der Waals surface area contributed by atoms with E-state index in [-0.39, 0.29) is 6.04 Å². The van der Waals surface area contributed by atoms with Crippen molar-refractivity contribution in [1.29, 1.82) is 0 Å². The zero-order valence-corrected chi connectivity index (χ0v) is 12.3. The molecule has 3 N–H and O–H groups in total. The molecule has 1 aromatic heterocycles. The first-order chi connectivity index (χ1) is 8.91. The summed E-state index contributed by atoms with van der Waals surface area (Å²) in [6, 6.07) is 6.48. The fourth-order valence-corrected chi connectivity index (χ4v) is 2.07. The number of benzene rings is 1. The third-order valence-corrected chi connectivity index (χ3v) is 3.48. The van der Waals surface area contributed by atoms with Gasteiger partial charge in [-0.15, -0.1) is 0 Å². The molecule has 2 rings (SSSR count). The molecule has 0 aliphatic rings. The molecule has 0 atom stereocenters. The van der Waals surface area contributed by atoms with E-state index in [0.29, 0.717) is 0 Å². The summed E-state index contributed by atoms with van der Waals surface area (Å²) < 4.78 is 1.94. The van der Waals surface area contributed by atoms with Gasteiger partial charge in [0.15, 0.2) is 5.82 Å². The van der Waals surface area contributed by atoms with Crippen LogP contribution < -0.4 is 11.1 Å². The standard InChI is InChI=1S/C15H22N4/c1-9(2)19-15(14(16)12(5)18-19)17-13-8-6-7-10(3)11(13)4/h6-9,17H,16H2,1-5H3. The van der Waals surface area contributed by atoms with Gasteiger partial charge in [0.05, 0.1) is 11.4 Å². The Morgan fingerprint density at radius 2 is 1.89 bits per heavy atom. The molecular formula is C15H22N4. The van der Waals surface area contributed by atoms with Crippen molar-refractivity contribution in [3.63, 3.8) is 0 Å². The number of hydrogen-bond donors (Lipinski definition) is 2. The summed E-state index contributed by atoms with van der Waals surface area (Å²) in [7, 11) is 0. The summed E-state index contributed by atoms with van der Waals surface area (Å²) in [5.41, 5.74) is 11.3. The molecule has 1 heterocycles. The average Bonchev–Trinajstić information content (AvgIpc) is 2.63. The van der Waals surface area contributed by atoms with Gasteiger partial charge in [-0.1, -0.05) is 12.1 Å². The first-order valence-corrected chi connectivity index (χ1v) is 6.59. The Hall–Kier alpha value is -1.97. The van der Waals surface area contributed by atoms with Crippen LogP contribution in [0.4, 0.5) is 17.2 Å². The molecule has 0 bridgehead atoms. The van der Waals surface area contributed by atoms with Crippen LogP contribution in [0.1, 0.15) is 36.7 Å². The summed E-state index contributed by atoms with van der Waals surface area (Å²) in [5.74, 6) is 0.876. The van der Waals surface area contributed by atoms with Gasteiger partial charge >= 0.3 is 0 Å². The predicted octanol–water partition coefficient (Wildman–Crippen LogP) is 3.72. The van der Waals surface area contributed by atoms with Crippen LogP contribution in [0.5, 0.6) is 0 Å². The van der Waals surface area contributed by atoms with Gasteiger partial charge in [-0.2, -0.15) is 5.10 Å². The molecule has 0 saturated carbocycles. The second-order valence-corrected chi connectivity index (χ2v) is 5.26. The molecule has 2 aromatic rings. The third-order valence-electron chi connectivity index (χ3n) is 3.48. The van der Waals surface area contributed by atoms with Crippen molar-refractivity contribution >= 4 is 17.2 Å². The van der Waals surface area contributed by atoms with Gasteiger partial charge in [0, 0.05) is 11.7 Å². The molecule has 102 valence electrons. The lowest BCUT2D eigenvalue weighted by Gasteiger charge is -2.15. The van der Waals surface area contributed by atoms with Crippen LogP contribution in [-0.4, -0.2) is 9.78 Å². The van der Waals surface area contributed by atoms with E-state index in [1.807, 2.05) is 17.7 Å². The molecule has 0 radical (unpaired) electrons. The highest BCUT2D eigenvalue weighted by Gasteiger charge is 2.15. The van der Waals surface area contributed by atoms with Crippen LogP contribution in [0, 0.1) is 20.8 Å². The molecular weight excluding hydrogens is 236 g/mol. The number of nitrogens with two attached hydrogens (primary N) is 1. The number of hydrogen-bond acceptors (Lipinski definition) is 3. The number of anilines is 3. The lowest BCUT2D eigenvalue weighted by molar-refractivity contribution is 0.536. The summed E-state index contributed by atoms with van der Waals surface area (Å²) in [6.45, 7) is 10.3. The lowest BCUT2D eigenvalue weighted by Crippen LogP contribution is -2.08. The Labute approximate surface area is 114 Å². The zero-order valence-electron chi connectivity index (χ0n) is 12.3. The monoisotopic (exact) mass is 258 g/mol. The number of nitrogens with one attached hydrogen (secondary N) is 1. The second-order valence-electron chi connectivity index (χ2n) is 5.26. The van der Waals surface area contributed by atoms with E-state index in [4.69, 9.17) is 5.73 Å². The van der Waals surface area contributed by atoms with E-state index in [1.165, 1.54) is 11.1 Å². The minimum atomic E-state index is 0.267. The van der Waals surface area contributed by atoms with E-state index >= 15 is 0 Å². The average molecular weight is 258 g/mol. The van der Waals surface area contributed by atoms with Gasteiger partial charge in [-0.05, 0) is 51.8 Å². The summed E-state index contributed by atoms with van der Waals surface area (Å²) in [6.07, 6.45) is 0. The first kappa shape index (κ1) is 13.5. The number of aryl methyl sites for hydroxylation is 2. The summed E-state index contributed by atoms with van der Waals surface area (Å²) in [5, 5.41) is 7.91. The van der Waals surface area contributed by atoms with E-state index < -0.39 is 0 Å². The van der Waals surface area contributed by atoms with E-state index in [9.17, 15) is 0 Å². The molecule has 0 amide bonds.